The number of hydrogen-bond donors (Lipinski definition) is 1. The van der Waals surface area contributed by atoms with Gasteiger partial charge in [0.2, 0.25) is 0 Å². The average Bonchev–Trinajstić information content (AvgIpc) is 2.49. The monoisotopic (exact) mass is 286 g/mol. The van der Waals surface area contributed by atoms with Gasteiger partial charge in [0.1, 0.15) is 11.9 Å². The SMILES string of the molecule is OC(c1ccc(Cl)c(F)c1)c1ccc2ccccc2c1. The van der Waals surface area contributed by atoms with Crippen molar-refractivity contribution in [3.05, 3.63) is 82.6 Å². The molecule has 3 aromatic carbocycles. The van der Waals surface area contributed by atoms with Crippen molar-refractivity contribution in [2.75, 3.05) is 0 Å². The Morgan fingerprint density at radius 2 is 1.50 bits per heavy atom. The first-order chi connectivity index (χ1) is 9.65. The molecule has 3 rings (SSSR count). The molecule has 0 bridgehead atoms. The van der Waals surface area contributed by atoms with Crippen LogP contribution in [0.4, 0.5) is 4.39 Å². The zero-order valence-corrected chi connectivity index (χ0v) is 11.3. The third kappa shape index (κ3) is 2.40. The van der Waals surface area contributed by atoms with Crippen molar-refractivity contribution in [1.82, 2.24) is 0 Å². The molecule has 0 fully saturated rings. The third-order valence-corrected chi connectivity index (χ3v) is 3.66. The van der Waals surface area contributed by atoms with Crippen molar-refractivity contribution >= 4 is 22.4 Å². The number of aliphatic hydroxyl groups excluding tert-OH is 1. The van der Waals surface area contributed by atoms with Gasteiger partial charge < -0.3 is 5.11 Å². The van der Waals surface area contributed by atoms with Crippen LogP contribution in [0, 0.1) is 5.82 Å². The Kier molecular flexibility index (Phi) is 3.43. The highest BCUT2D eigenvalue weighted by molar-refractivity contribution is 6.30. The molecule has 0 saturated heterocycles. The maximum absolute atomic E-state index is 13.5. The summed E-state index contributed by atoms with van der Waals surface area (Å²) < 4.78 is 13.5. The summed E-state index contributed by atoms with van der Waals surface area (Å²) in [5.41, 5.74) is 1.22. The molecule has 0 aliphatic rings. The maximum atomic E-state index is 13.5. The van der Waals surface area contributed by atoms with Gasteiger partial charge in [-0.05, 0) is 40.1 Å². The van der Waals surface area contributed by atoms with Crippen LogP contribution in [0.2, 0.25) is 5.02 Å². The molecule has 20 heavy (non-hydrogen) atoms. The van der Waals surface area contributed by atoms with E-state index in [0.29, 0.717) is 5.56 Å². The Hall–Kier alpha value is -1.90. The van der Waals surface area contributed by atoms with Gasteiger partial charge in [-0.15, -0.1) is 0 Å². The molecule has 100 valence electrons. The number of rotatable bonds is 2. The van der Waals surface area contributed by atoms with Gasteiger partial charge in [0.15, 0.2) is 0 Å². The fraction of sp³-hybridized carbons (Fsp3) is 0.0588. The fourth-order valence-electron chi connectivity index (χ4n) is 2.25. The van der Waals surface area contributed by atoms with E-state index in [2.05, 4.69) is 0 Å². The molecule has 3 aromatic rings. The van der Waals surface area contributed by atoms with Gasteiger partial charge in [0, 0.05) is 0 Å². The van der Waals surface area contributed by atoms with Crippen molar-refractivity contribution in [2.45, 2.75) is 6.10 Å². The molecule has 0 saturated carbocycles. The van der Waals surface area contributed by atoms with E-state index in [9.17, 15) is 9.50 Å². The Bertz CT molecular complexity index is 770. The molecule has 0 amide bonds. The number of fused-ring (bicyclic) bond motifs is 1. The Balaban J connectivity index is 2.02. The summed E-state index contributed by atoms with van der Waals surface area (Å²) in [5.74, 6) is -0.524. The fourth-order valence-corrected chi connectivity index (χ4v) is 2.37. The van der Waals surface area contributed by atoms with Crippen LogP contribution >= 0.6 is 11.6 Å². The smallest absolute Gasteiger partial charge is 0.142 e. The predicted molar refractivity (Wildman–Crippen MR) is 79.4 cm³/mol. The van der Waals surface area contributed by atoms with Gasteiger partial charge >= 0.3 is 0 Å². The quantitative estimate of drug-likeness (QED) is 0.723. The van der Waals surface area contributed by atoms with Crippen molar-refractivity contribution in [2.24, 2.45) is 0 Å². The second kappa shape index (κ2) is 5.23. The second-order valence-corrected chi connectivity index (χ2v) is 5.09. The average molecular weight is 287 g/mol. The number of benzene rings is 3. The summed E-state index contributed by atoms with van der Waals surface area (Å²) in [7, 11) is 0. The van der Waals surface area contributed by atoms with Crippen molar-refractivity contribution in [3.8, 4) is 0 Å². The molecule has 1 nitrogen and oxygen atoms in total. The molecule has 0 heterocycles. The summed E-state index contributed by atoms with van der Waals surface area (Å²) >= 11 is 5.65. The molecule has 1 atom stereocenters. The highest BCUT2D eigenvalue weighted by Gasteiger charge is 2.12. The molecule has 3 heteroatoms. The van der Waals surface area contributed by atoms with Crippen molar-refractivity contribution in [3.63, 3.8) is 0 Å². The standard InChI is InChI=1S/C17H12ClFO/c18-15-8-7-14(10-16(15)19)17(20)13-6-5-11-3-1-2-4-12(11)9-13/h1-10,17,20H. The molecule has 0 aromatic heterocycles. The molecule has 0 spiro atoms. The minimum atomic E-state index is -0.869. The van der Waals surface area contributed by atoms with Crippen LogP contribution in [0.25, 0.3) is 10.8 Å². The second-order valence-electron chi connectivity index (χ2n) is 4.68. The lowest BCUT2D eigenvalue weighted by molar-refractivity contribution is 0.220. The molecule has 0 aliphatic heterocycles. The van der Waals surface area contributed by atoms with E-state index in [1.807, 2.05) is 42.5 Å². The number of halogens is 2. The van der Waals surface area contributed by atoms with E-state index in [-0.39, 0.29) is 5.02 Å². The van der Waals surface area contributed by atoms with Crippen LogP contribution in [-0.4, -0.2) is 5.11 Å². The topological polar surface area (TPSA) is 20.2 Å². The van der Waals surface area contributed by atoms with E-state index in [1.165, 1.54) is 12.1 Å². The van der Waals surface area contributed by atoms with Gasteiger partial charge in [0.05, 0.1) is 5.02 Å². The van der Waals surface area contributed by atoms with Crippen LogP contribution in [0.3, 0.4) is 0 Å². The minimum absolute atomic E-state index is 0.0551. The van der Waals surface area contributed by atoms with E-state index in [0.717, 1.165) is 16.3 Å². The molecular formula is C17H12ClFO. The van der Waals surface area contributed by atoms with Crippen LogP contribution in [0.5, 0.6) is 0 Å². The Labute approximate surface area is 121 Å². The van der Waals surface area contributed by atoms with E-state index in [1.54, 1.807) is 6.07 Å². The van der Waals surface area contributed by atoms with E-state index >= 15 is 0 Å². The Morgan fingerprint density at radius 1 is 0.850 bits per heavy atom. The first-order valence-corrected chi connectivity index (χ1v) is 6.64. The van der Waals surface area contributed by atoms with Crippen LogP contribution in [0.15, 0.2) is 60.7 Å². The van der Waals surface area contributed by atoms with E-state index < -0.39 is 11.9 Å². The van der Waals surface area contributed by atoms with Crippen molar-refractivity contribution < 1.29 is 9.50 Å². The summed E-state index contributed by atoms with van der Waals surface area (Å²) in [4.78, 5) is 0. The minimum Gasteiger partial charge on any atom is -0.384 e. The van der Waals surface area contributed by atoms with Gasteiger partial charge in [-0.1, -0.05) is 54.1 Å². The van der Waals surface area contributed by atoms with E-state index in [4.69, 9.17) is 11.6 Å². The molecule has 0 aliphatic carbocycles. The van der Waals surface area contributed by atoms with Gasteiger partial charge in [0.25, 0.3) is 0 Å². The highest BCUT2D eigenvalue weighted by Crippen LogP contribution is 2.27. The Morgan fingerprint density at radius 3 is 2.25 bits per heavy atom. The lowest BCUT2D eigenvalue weighted by Crippen LogP contribution is -2.00. The lowest BCUT2D eigenvalue weighted by atomic mass is 9.98. The zero-order chi connectivity index (χ0) is 14.1. The molecular weight excluding hydrogens is 275 g/mol. The van der Waals surface area contributed by atoms with Gasteiger partial charge in [-0.3, -0.25) is 0 Å². The molecule has 0 radical (unpaired) electrons. The van der Waals surface area contributed by atoms with Gasteiger partial charge in [-0.25, -0.2) is 4.39 Å². The molecule has 1 unspecified atom stereocenters. The summed E-state index contributed by atoms with van der Waals surface area (Å²) in [6, 6.07) is 17.9. The summed E-state index contributed by atoms with van der Waals surface area (Å²) in [6.45, 7) is 0. The van der Waals surface area contributed by atoms with Crippen molar-refractivity contribution in [1.29, 1.82) is 0 Å². The maximum Gasteiger partial charge on any atom is 0.142 e. The lowest BCUT2D eigenvalue weighted by Gasteiger charge is -2.13. The largest absolute Gasteiger partial charge is 0.384 e. The third-order valence-electron chi connectivity index (χ3n) is 3.35. The van der Waals surface area contributed by atoms with Crippen LogP contribution < -0.4 is 0 Å². The zero-order valence-electron chi connectivity index (χ0n) is 10.6. The van der Waals surface area contributed by atoms with Gasteiger partial charge in [-0.2, -0.15) is 0 Å². The van der Waals surface area contributed by atoms with Crippen LogP contribution in [0.1, 0.15) is 17.2 Å². The first kappa shape index (κ1) is 13.1. The normalized spacial score (nSPS) is 12.6. The molecule has 1 N–H and O–H groups in total. The predicted octanol–water partition coefficient (Wildman–Crippen LogP) is 4.71. The summed E-state index contributed by atoms with van der Waals surface area (Å²) in [6.07, 6.45) is -0.869. The van der Waals surface area contributed by atoms with Crippen LogP contribution in [-0.2, 0) is 0 Å². The summed E-state index contributed by atoms with van der Waals surface area (Å²) in [5, 5.41) is 12.6. The number of aliphatic hydroxyl groups is 1. The first-order valence-electron chi connectivity index (χ1n) is 6.27. The highest BCUT2D eigenvalue weighted by atomic mass is 35.5. The number of hydrogen-bond acceptors (Lipinski definition) is 1.